The van der Waals surface area contributed by atoms with Gasteiger partial charge in [0.05, 0.1) is 0 Å². The molecule has 2 unspecified atom stereocenters. The number of urea groups is 1. The van der Waals surface area contributed by atoms with Crippen LogP contribution in [0.25, 0.3) is 0 Å². The monoisotopic (exact) mass is 302 g/mol. The fraction of sp³-hybridized carbons (Fsp3) is 0.750. The van der Waals surface area contributed by atoms with Gasteiger partial charge >= 0.3 is 6.03 Å². The van der Waals surface area contributed by atoms with Crippen LogP contribution in [0.5, 0.6) is 0 Å². The number of hydrogen-bond acceptors (Lipinski definition) is 5. The largest absolute Gasteiger partial charge is 0.330 e. The molecule has 2 heterocycles. The third-order valence-corrected chi connectivity index (χ3v) is 6.03. The van der Waals surface area contributed by atoms with Crippen LogP contribution in [0, 0.1) is 5.92 Å². The fourth-order valence-electron chi connectivity index (χ4n) is 2.22. The van der Waals surface area contributed by atoms with Crippen LogP contribution in [0.1, 0.15) is 19.8 Å². The molecule has 5 nitrogen and oxygen atoms in total. The molecule has 0 spiro atoms. The summed E-state index contributed by atoms with van der Waals surface area (Å²) < 4.78 is 0. The standard InChI is InChI=1S/C12H18N2O3S2/c1-2-3-9-10(15)13-12(17)14(11(9)16)6-8-7-18-4-5-19-8/h8-9H,2-7H2,1H3,(H,13,15,17). The molecule has 0 radical (unpaired) electrons. The molecule has 7 heteroatoms. The molecular formula is C12H18N2O3S2. The minimum absolute atomic E-state index is 0.281. The Morgan fingerprint density at radius 1 is 1.32 bits per heavy atom. The average Bonchev–Trinajstić information content (AvgIpc) is 2.41. The van der Waals surface area contributed by atoms with E-state index in [0.717, 1.165) is 23.7 Å². The van der Waals surface area contributed by atoms with Crippen molar-refractivity contribution in [3.63, 3.8) is 0 Å². The van der Waals surface area contributed by atoms with Crippen LogP contribution >= 0.6 is 23.5 Å². The third-order valence-electron chi connectivity index (χ3n) is 3.20. The lowest BCUT2D eigenvalue weighted by Crippen LogP contribution is -2.59. The van der Waals surface area contributed by atoms with Crippen LogP contribution < -0.4 is 5.32 Å². The van der Waals surface area contributed by atoms with Gasteiger partial charge in [0, 0.05) is 29.1 Å². The van der Waals surface area contributed by atoms with Crippen molar-refractivity contribution in [3.05, 3.63) is 0 Å². The molecule has 0 aromatic heterocycles. The maximum absolute atomic E-state index is 12.2. The van der Waals surface area contributed by atoms with Gasteiger partial charge in [-0.15, -0.1) is 0 Å². The smallest absolute Gasteiger partial charge is 0.277 e. The number of amides is 4. The van der Waals surface area contributed by atoms with Gasteiger partial charge in [-0.3, -0.25) is 19.8 Å². The van der Waals surface area contributed by atoms with E-state index in [1.165, 1.54) is 4.90 Å². The van der Waals surface area contributed by atoms with Crippen molar-refractivity contribution in [1.29, 1.82) is 0 Å². The van der Waals surface area contributed by atoms with E-state index in [9.17, 15) is 14.4 Å². The van der Waals surface area contributed by atoms with Gasteiger partial charge < -0.3 is 0 Å². The van der Waals surface area contributed by atoms with Crippen molar-refractivity contribution in [2.24, 2.45) is 5.92 Å². The molecule has 106 valence electrons. The molecule has 0 aliphatic carbocycles. The molecule has 2 fully saturated rings. The van der Waals surface area contributed by atoms with Crippen molar-refractivity contribution >= 4 is 41.4 Å². The molecule has 2 aliphatic rings. The van der Waals surface area contributed by atoms with E-state index in [0.29, 0.717) is 13.0 Å². The first kappa shape index (κ1) is 14.7. The van der Waals surface area contributed by atoms with Crippen molar-refractivity contribution in [1.82, 2.24) is 10.2 Å². The van der Waals surface area contributed by atoms with E-state index in [1.54, 1.807) is 11.8 Å². The van der Waals surface area contributed by atoms with Crippen LogP contribution in [0.15, 0.2) is 0 Å². The number of nitrogens with one attached hydrogen (secondary N) is 1. The van der Waals surface area contributed by atoms with Gasteiger partial charge in [-0.05, 0) is 6.42 Å². The molecule has 2 atom stereocenters. The van der Waals surface area contributed by atoms with Crippen molar-refractivity contribution < 1.29 is 14.4 Å². The number of carbonyl (C=O) groups is 3. The molecular weight excluding hydrogens is 284 g/mol. The van der Waals surface area contributed by atoms with E-state index in [2.05, 4.69) is 5.32 Å². The Balaban J connectivity index is 2.02. The predicted octanol–water partition coefficient (Wildman–Crippen LogP) is 1.33. The lowest BCUT2D eigenvalue weighted by molar-refractivity contribution is -0.142. The highest BCUT2D eigenvalue weighted by Gasteiger charge is 2.40. The zero-order valence-electron chi connectivity index (χ0n) is 10.9. The summed E-state index contributed by atoms with van der Waals surface area (Å²) in [7, 11) is 0. The van der Waals surface area contributed by atoms with Crippen LogP contribution in [0.2, 0.25) is 0 Å². The Kier molecular flexibility index (Phi) is 5.15. The van der Waals surface area contributed by atoms with E-state index in [1.807, 2.05) is 18.7 Å². The highest BCUT2D eigenvalue weighted by molar-refractivity contribution is 8.06. The lowest BCUT2D eigenvalue weighted by atomic mass is 9.99. The molecule has 2 aliphatic heterocycles. The number of thioether (sulfide) groups is 2. The number of rotatable bonds is 4. The highest BCUT2D eigenvalue weighted by atomic mass is 32.2. The Labute approximate surface area is 121 Å². The quantitative estimate of drug-likeness (QED) is 0.794. The Morgan fingerprint density at radius 2 is 2.11 bits per heavy atom. The molecule has 19 heavy (non-hydrogen) atoms. The first-order valence-corrected chi connectivity index (χ1v) is 8.69. The second-order valence-corrected chi connectivity index (χ2v) is 7.21. The number of hydrogen-bond donors (Lipinski definition) is 1. The maximum atomic E-state index is 12.2. The molecule has 0 aromatic carbocycles. The summed E-state index contributed by atoms with van der Waals surface area (Å²) in [6.45, 7) is 2.34. The van der Waals surface area contributed by atoms with Gasteiger partial charge in [-0.1, -0.05) is 13.3 Å². The van der Waals surface area contributed by atoms with E-state index < -0.39 is 17.9 Å². The molecule has 1 N–H and O–H groups in total. The molecule has 0 saturated carbocycles. The van der Waals surface area contributed by atoms with Crippen LogP contribution in [0.4, 0.5) is 4.79 Å². The maximum Gasteiger partial charge on any atom is 0.330 e. The van der Waals surface area contributed by atoms with Gasteiger partial charge in [0.2, 0.25) is 11.8 Å². The first-order valence-electron chi connectivity index (χ1n) is 6.49. The number of barbiturate groups is 1. The zero-order valence-corrected chi connectivity index (χ0v) is 12.5. The Hall–Kier alpha value is -0.690. The van der Waals surface area contributed by atoms with Gasteiger partial charge in [0.1, 0.15) is 5.92 Å². The second kappa shape index (κ2) is 6.65. The average molecular weight is 302 g/mol. The van der Waals surface area contributed by atoms with E-state index in [4.69, 9.17) is 0 Å². The number of imide groups is 2. The van der Waals surface area contributed by atoms with Crippen molar-refractivity contribution in [3.8, 4) is 0 Å². The third kappa shape index (κ3) is 3.45. The summed E-state index contributed by atoms with van der Waals surface area (Å²) in [6.07, 6.45) is 1.25. The van der Waals surface area contributed by atoms with Gasteiger partial charge in [-0.25, -0.2) is 4.79 Å². The van der Waals surface area contributed by atoms with E-state index >= 15 is 0 Å². The van der Waals surface area contributed by atoms with Gasteiger partial charge in [-0.2, -0.15) is 23.5 Å². The summed E-state index contributed by atoms with van der Waals surface area (Å²) in [5.74, 6) is 1.66. The van der Waals surface area contributed by atoms with Crippen LogP contribution in [-0.4, -0.2) is 51.8 Å². The van der Waals surface area contributed by atoms with Crippen molar-refractivity contribution in [2.45, 2.75) is 25.0 Å². The summed E-state index contributed by atoms with van der Waals surface area (Å²) >= 11 is 3.64. The summed E-state index contributed by atoms with van der Waals surface area (Å²) in [5, 5.41) is 2.58. The van der Waals surface area contributed by atoms with Crippen molar-refractivity contribution in [2.75, 3.05) is 23.8 Å². The topological polar surface area (TPSA) is 66.5 Å². The second-order valence-electron chi connectivity index (χ2n) is 4.65. The zero-order chi connectivity index (χ0) is 13.8. The molecule has 2 rings (SSSR count). The number of nitrogens with zero attached hydrogens (tertiary/aromatic N) is 1. The Morgan fingerprint density at radius 3 is 2.74 bits per heavy atom. The predicted molar refractivity (Wildman–Crippen MR) is 77.2 cm³/mol. The van der Waals surface area contributed by atoms with Gasteiger partial charge in [0.25, 0.3) is 0 Å². The fourth-order valence-corrected chi connectivity index (χ4v) is 4.87. The minimum atomic E-state index is -0.691. The lowest BCUT2D eigenvalue weighted by Gasteiger charge is -2.33. The van der Waals surface area contributed by atoms with Crippen LogP contribution in [0.3, 0.4) is 0 Å². The summed E-state index contributed by atoms with van der Waals surface area (Å²) in [6, 6.07) is -0.557. The molecule has 0 bridgehead atoms. The molecule has 2 saturated heterocycles. The van der Waals surface area contributed by atoms with E-state index in [-0.39, 0.29) is 11.2 Å². The summed E-state index contributed by atoms with van der Waals surface area (Å²) in [4.78, 5) is 36.9. The van der Waals surface area contributed by atoms with Gasteiger partial charge in [0.15, 0.2) is 0 Å². The molecule has 0 aromatic rings. The Bertz CT molecular complexity index is 383. The molecule has 4 amide bonds. The van der Waals surface area contributed by atoms with Crippen LogP contribution in [-0.2, 0) is 9.59 Å². The normalized spacial score (nSPS) is 28.5. The highest BCUT2D eigenvalue weighted by Crippen LogP contribution is 2.26. The first-order chi connectivity index (χ1) is 9.13. The SMILES string of the molecule is CCCC1C(=O)NC(=O)N(CC2CSCCS2)C1=O. The minimum Gasteiger partial charge on any atom is -0.277 e. The number of carbonyl (C=O) groups excluding carboxylic acids is 3. The summed E-state index contributed by atoms with van der Waals surface area (Å²) in [5.41, 5.74) is 0.